The van der Waals surface area contributed by atoms with E-state index in [9.17, 15) is 4.79 Å². The van der Waals surface area contributed by atoms with Gasteiger partial charge in [0, 0.05) is 36.9 Å². The number of anilines is 4. The van der Waals surface area contributed by atoms with Crippen molar-refractivity contribution in [2.75, 3.05) is 28.6 Å². The van der Waals surface area contributed by atoms with Crippen LogP contribution in [0.3, 0.4) is 0 Å². The molecule has 1 saturated carbocycles. The molecule has 0 radical (unpaired) electrons. The molecule has 1 aliphatic heterocycles. The van der Waals surface area contributed by atoms with Crippen LogP contribution in [0.4, 0.5) is 23.2 Å². The molecule has 4 N–H and O–H groups in total. The van der Waals surface area contributed by atoms with Gasteiger partial charge >= 0.3 is 12.0 Å². The minimum atomic E-state index is -0.678. The first kappa shape index (κ1) is 26.2. The van der Waals surface area contributed by atoms with Crippen LogP contribution in [0.15, 0.2) is 53.2 Å². The zero-order valence-electron chi connectivity index (χ0n) is 22.2. The van der Waals surface area contributed by atoms with Gasteiger partial charge in [-0.3, -0.25) is 4.79 Å². The Kier molecular flexibility index (Phi) is 7.38. The molecule has 1 spiro atoms. The summed E-state index contributed by atoms with van der Waals surface area (Å²) < 4.78 is 5.72. The van der Waals surface area contributed by atoms with Crippen LogP contribution in [0.5, 0.6) is 0 Å². The van der Waals surface area contributed by atoms with Gasteiger partial charge in [0.05, 0.1) is 11.9 Å². The van der Waals surface area contributed by atoms with E-state index in [4.69, 9.17) is 21.7 Å². The minimum Gasteiger partial charge on any atom is -0.481 e. The van der Waals surface area contributed by atoms with E-state index in [1.165, 1.54) is 12.8 Å². The lowest BCUT2D eigenvalue weighted by molar-refractivity contribution is -0.137. The van der Waals surface area contributed by atoms with Crippen LogP contribution in [0.1, 0.15) is 57.3 Å². The molecule has 4 aromatic rings. The Bertz CT molecular complexity index is 1480. The lowest BCUT2D eigenvalue weighted by Gasteiger charge is -2.46. The molecule has 40 heavy (non-hydrogen) atoms. The fraction of sp³-hybridized carbons (Fsp3) is 0.414. The molecule has 1 aliphatic carbocycles. The number of benzene rings is 1. The first-order valence-corrected chi connectivity index (χ1v) is 14.3. The third-order valence-corrected chi connectivity index (χ3v) is 8.79. The monoisotopic (exact) mass is 559 g/mol. The van der Waals surface area contributed by atoms with Crippen LogP contribution in [0.2, 0.25) is 0 Å². The summed E-state index contributed by atoms with van der Waals surface area (Å²) in [5.74, 6) is 1.08. The van der Waals surface area contributed by atoms with Gasteiger partial charge in [0.25, 0.3) is 5.89 Å². The highest BCUT2D eigenvalue weighted by Crippen LogP contribution is 2.47. The Morgan fingerprint density at radius 2 is 1.90 bits per heavy atom. The van der Waals surface area contributed by atoms with Crippen LogP contribution in [-0.4, -0.2) is 49.3 Å². The van der Waals surface area contributed by atoms with Crippen molar-refractivity contribution in [1.29, 1.82) is 0 Å². The quantitative estimate of drug-likeness (QED) is 0.187. The number of aromatic amines is 1. The summed E-state index contributed by atoms with van der Waals surface area (Å²) in [5.41, 5.74) is 3.01. The van der Waals surface area contributed by atoms with Crippen molar-refractivity contribution in [2.45, 2.75) is 51.4 Å². The lowest BCUT2D eigenvalue weighted by atomic mass is 9.65. The molecule has 1 saturated heterocycles. The van der Waals surface area contributed by atoms with Crippen molar-refractivity contribution in [3.05, 3.63) is 54.7 Å². The maximum atomic E-state index is 10.9. The van der Waals surface area contributed by atoms with Crippen molar-refractivity contribution < 1.29 is 14.3 Å². The normalized spacial score (nSPS) is 17.2. The number of aromatic nitrogens is 4. The van der Waals surface area contributed by atoms with E-state index in [2.05, 4.69) is 35.7 Å². The molecular formula is C29H33N7O3S. The van der Waals surface area contributed by atoms with Crippen molar-refractivity contribution in [3.8, 4) is 0 Å². The van der Waals surface area contributed by atoms with Crippen LogP contribution in [0, 0.1) is 11.3 Å². The summed E-state index contributed by atoms with van der Waals surface area (Å²) in [4.78, 5) is 21.4. The van der Waals surface area contributed by atoms with E-state index in [0.717, 1.165) is 73.3 Å². The number of thiocarbonyl (C=S) groups is 1. The Morgan fingerprint density at radius 3 is 2.65 bits per heavy atom. The summed E-state index contributed by atoms with van der Waals surface area (Å²) in [6, 6.07) is 12.2. The molecule has 10 nitrogen and oxygen atoms in total. The van der Waals surface area contributed by atoms with Gasteiger partial charge in [-0.2, -0.15) is 0 Å². The summed E-state index contributed by atoms with van der Waals surface area (Å²) in [7, 11) is 0. The molecule has 2 fully saturated rings. The highest BCUT2D eigenvalue weighted by atomic mass is 32.1. The zero-order valence-corrected chi connectivity index (χ0v) is 23.0. The van der Waals surface area contributed by atoms with Gasteiger partial charge in [0.1, 0.15) is 5.82 Å². The Balaban J connectivity index is 0.989. The van der Waals surface area contributed by atoms with Gasteiger partial charge in [0.15, 0.2) is 4.99 Å². The van der Waals surface area contributed by atoms with E-state index >= 15 is 0 Å². The van der Waals surface area contributed by atoms with Gasteiger partial charge in [-0.05, 0) is 92.0 Å². The molecule has 4 heterocycles. The molecule has 3 aromatic heterocycles. The standard InChI is InChI=1S/C29H33N7O3S/c37-25(38)6-1-19-7-10-29(11-8-19)12-15-36(16-13-29)24-5-4-22(18-31-24)32-27(40)26-34-35-28(39-26)33-21-3-2-20-9-14-30-23(20)17-21/h2-5,9,14,17-19,30H,1,6-8,10-13,15-16H2,(H,32,40)(H,33,35)(H,37,38). The number of rotatable bonds is 8. The molecule has 6 rings (SSSR count). The zero-order chi connectivity index (χ0) is 27.5. The summed E-state index contributed by atoms with van der Waals surface area (Å²) >= 11 is 5.49. The summed E-state index contributed by atoms with van der Waals surface area (Å²) in [6.07, 6.45) is 11.9. The minimum absolute atomic E-state index is 0.224. The number of fused-ring (bicyclic) bond motifs is 1. The molecule has 0 bridgehead atoms. The number of pyridine rings is 1. The number of carboxylic acids is 1. The number of hydrogen-bond donors (Lipinski definition) is 4. The Labute approximate surface area is 237 Å². The third kappa shape index (κ3) is 5.94. The smallest absolute Gasteiger partial charge is 0.320 e. The van der Waals surface area contributed by atoms with E-state index in [0.29, 0.717) is 22.7 Å². The number of hydrogen-bond acceptors (Lipinski definition) is 8. The second-order valence-electron chi connectivity index (χ2n) is 11.0. The number of carboxylic acid groups (broad SMARTS) is 1. The largest absolute Gasteiger partial charge is 0.481 e. The third-order valence-electron chi connectivity index (χ3n) is 8.51. The van der Waals surface area contributed by atoms with Gasteiger partial charge in [-0.25, -0.2) is 4.98 Å². The number of aliphatic carboxylic acids is 1. The SMILES string of the molecule is O=C(O)CCC1CCC2(CC1)CCN(c1ccc(NC(=S)c3nnc(Nc4ccc5cc[nH]c5c4)o3)cn1)CC2. The number of piperidine rings is 1. The van der Waals surface area contributed by atoms with E-state index in [1.807, 2.05) is 42.6 Å². The first-order valence-electron chi connectivity index (χ1n) is 13.9. The van der Waals surface area contributed by atoms with Crippen molar-refractivity contribution in [3.63, 3.8) is 0 Å². The number of nitrogens with one attached hydrogen (secondary N) is 3. The van der Waals surface area contributed by atoms with Gasteiger partial charge in [-0.1, -0.05) is 23.4 Å². The highest BCUT2D eigenvalue weighted by Gasteiger charge is 2.38. The molecule has 2 aliphatic rings. The van der Waals surface area contributed by atoms with Crippen molar-refractivity contribution >= 4 is 57.3 Å². The molecule has 1 aromatic carbocycles. The average Bonchev–Trinajstić information content (AvgIpc) is 3.63. The number of H-pyrrole nitrogens is 1. The lowest BCUT2D eigenvalue weighted by Crippen LogP contribution is -2.42. The maximum Gasteiger partial charge on any atom is 0.320 e. The van der Waals surface area contributed by atoms with E-state index in [1.54, 1.807) is 6.20 Å². The van der Waals surface area contributed by atoms with Crippen molar-refractivity contribution in [1.82, 2.24) is 20.2 Å². The molecule has 0 amide bonds. The second-order valence-corrected chi connectivity index (χ2v) is 11.4. The van der Waals surface area contributed by atoms with E-state index in [-0.39, 0.29) is 11.9 Å². The van der Waals surface area contributed by atoms with Crippen molar-refractivity contribution in [2.24, 2.45) is 11.3 Å². The number of nitrogens with zero attached hydrogens (tertiary/aromatic N) is 4. The molecule has 0 atom stereocenters. The second kappa shape index (κ2) is 11.2. The van der Waals surface area contributed by atoms with Crippen LogP contribution in [0.25, 0.3) is 10.9 Å². The fourth-order valence-corrected chi connectivity index (χ4v) is 6.26. The van der Waals surface area contributed by atoms with E-state index < -0.39 is 5.97 Å². The molecule has 11 heteroatoms. The molecular weight excluding hydrogens is 526 g/mol. The molecule has 208 valence electrons. The number of carbonyl (C=O) groups is 1. The maximum absolute atomic E-state index is 10.9. The topological polar surface area (TPSA) is 132 Å². The van der Waals surface area contributed by atoms with Crippen LogP contribution < -0.4 is 15.5 Å². The Morgan fingerprint density at radius 1 is 1.10 bits per heavy atom. The van der Waals surface area contributed by atoms with Gasteiger partial charge in [-0.15, -0.1) is 5.10 Å². The predicted molar refractivity (Wildman–Crippen MR) is 158 cm³/mol. The summed E-state index contributed by atoms with van der Waals surface area (Å²) in [6.45, 7) is 1.99. The predicted octanol–water partition coefficient (Wildman–Crippen LogP) is 6.12. The first-order chi connectivity index (χ1) is 19.4. The van der Waals surface area contributed by atoms with Crippen LogP contribution in [-0.2, 0) is 4.79 Å². The fourth-order valence-electron chi connectivity index (χ4n) is 6.06. The average molecular weight is 560 g/mol. The van der Waals surface area contributed by atoms with Gasteiger partial charge < -0.3 is 30.0 Å². The van der Waals surface area contributed by atoms with Gasteiger partial charge in [0.2, 0.25) is 0 Å². The molecule has 0 unspecified atom stereocenters. The van der Waals surface area contributed by atoms with Crippen LogP contribution >= 0.6 is 12.2 Å². The highest BCUT2D eigenvalue weighted by molar-refractivity contribution is 7.81. The summed E-state index contributed by atoms with van der Waals surface area (Å²) in [5, 5.41) is 24.5. The Hall–Kier alpha value is -3.99.